The minimum Gasteiger partial charge on any atom is -0.464 e. The summed E-state index contributed by atoms with van der Waals surface area (Å²) in [6, 6.07) is 13.5. The second-order valence-corrected chi connectivity index (χ2v) is 5.73. The average molecular weight is 316 g/mol. The number of rotatable bonds is 3. The number of amides is 1. The van der Waals surface area contributed by atoms with Crippen LogP contribution in [0, 0.1) is 0 Å². The van der Waals surface area contributed by atoms with Crippen molar-refractivity contribution in [1.29, 1.82) is 0 Å². The maximum absolute atomic E-state index is 12.4. The molecule has 4 nitrogen and oxygen atoms in total. The fourth-order valence-corrected chi connectivity index (χ4v) is 2.79. The van der Waals surface area contributed by atoms with Gasteiger partial charge < -0.3 is 9.73 Å². The molecule has 24 heavy (non-hydrogen) atoms. The summed E-state index contributed by atoms with van der Waals surface area (Å²) in [4.78, 5) is 16.8. The first-order chi connectivity index (χ1) is 11.8. The van der Waals surface area contributed by atoms with Gasteiger partial charge in [0.2, 0.25) is 0 Å². The zero-order chi connectivity index (χ0) is 16.4. The van der Waals surface area contributed by atoms with Crippen LogP contribution < -0.4 is 5.32 Å². The van der Waals surface area contributed by atoms with E-state index in [-0.39, 0.29) is 5.91 Å². The van der Waals surface area contributed by atoms with Crippen LogP contribution in [0.1, 0.15) is 21.5 Å². The average Bonchev–Trinajstić information content (AvgIpc) is 2.95. The smallest absolute Gasteiger partial charge is 0.251 e. The highest BCUT2D eigenvalue weighted by molar-refractivity contribution is 5.95. The molecule has 2 heterocycles. The minimum absolute atomic E-state index is 0.0884. The van der Waals surface area contributed by atoms with Gasteiger partial charge in [0.05, 0.1) is 12.0 Å². The quantitative estimate of drug-likeness (QED) is 0.788. The molecule has 4 heteroatoms. The second-order valence-electron chi connectivity index (χ2n) is 5.73. The van der Waals surface area contributed by atoms with Crippen LogP contribution in [0.5, 0.6) is 0 Å². The third-order valence-electron chi connectivity index (χ3n) is 4.09. The van der Waals surface area contributed by atoms with Crippen molar-refractivity contribution in [1.82, 2.24) is 5.32 Å². The fraction of sp³-hybridized carbons (Fsp3) is 0.100. The van der Waals surface area contributed by atoms with Gasteiger partial charge in [-0.15, -0.1) is 0 Å². The maximum Gasteiger partial charge on any atom is 0.251 e. The minimum atomic E-state index is -0.0884. The van der Waals surface area contributed by atoms with Crippen molar-refractivity contribution in [2.45, 2.75) is 13.0 Å². The van der Waals surface area contributed by atoms with E-state index in [0.29, 0.717) is 12.1 Å². The van der Waals surface area contributed by atoms with Gasteiger partial charge in [-0.25, -0.2) is 0 Å². The van der Waals surface area contributed by atoms with E-state index in [9.17, 15) is 4.79 Å². The highest BCUT2D eigenvalue weighted by atomic mass is 16.3. The summed E-state index contributed by atoms with van der Waals surface area (Å²) in [6.07, 6.45) is 8.18. The van der Waals surface area contributed by atoms with E-state index >= 15 is 0 Å². The van der Waals surface area contributed by atoms with E-state index in [4.69, 9.17) is 4.42 Å². The molecule has 0 atom stereocenters. The fourth-order valence-electron chi connectivity index (χ4n) is 2.79. The Labute approximate surface area is 139 Å². The standard InChI is InChI=1S/C20H16N2O2/c23-20(17-6-7-18-16(12-17)3-1-2-9-21-18)22-13-14-4-5-15-8-10-24-19(15)11-14/h1-2,4-12H,3,13H2,(H,22,23). The first kappa shape index (κ1) is 14.5. The third kappa shape index (κ3) is 2.86. The van der Waals surface area contributed by atoms with Crippen molar-refractivity contribution in [3.63, 3.8) is 0 Å². The molecule has 1 aliphatic heterocycles. The SMILES string of the molecule is O=C(NCc1ccc2ccoc2c1)c1ccc2c(c1)CC=CC=N2. The summed E-state index contributed by atoms with van der Waals surface area (Å²) in [5, 5.41) is 4.02. The number of furan rings is 1. The molecule has 0 saturated carbocycles. The van der Waals surface area contributed by atoms with E-state index < -0.39 is 0 Å². The predicted molar refractivity (Wildman–Crippen MR) is 94.8 cm³/mol. The van der Waals surface area contributed by atoms with Crippen molar-refractivity contribution in [3.05, 3.63) is 77.6 Å². The number of benzene rings is 2. The highest BCUT2D eigenvalue weighted by Crippen LogP contribution is 2.23. The first-order valence-electron chi connectivity index (χ1n) is 7.86. The Hall–Kier alpha value is -3.14. The molecule has 0 spiro atoms. The van der Waals surface area contributed by atoms with Crippen LogP contribution in [0.3, 0.4) is 0 Å². The van der Waals surface area contributed by atoms with Gasteiger partial charge >= 0.3 is 0 Å². The molecule has 0 aliphatic carbocycles. The lowest BCUT2D eigenvalue weighted by molar-refractivity contribution is 0.0951. The predicted octanol–water partition coefficient (Wildman–Crippen LogP) is 4.18. The first-order valence-corrected chi connectivity index (χ1v) is 7.86. The zero-order valence-corrected chi connectivity index (χ0v) is 13.0. The van der Waals surface area contributed by atoms with Crippen molar-refractivity contribution >= 4 is 28.8 Å². The van der Waals surface area contributed by atoms with Gasteiger partial charge in [-0.1, -0.05) is 18.2 Å². The van der Waals surface area contributed by atoms with Gasteiger partial charge in [0, 0.05) is 23.7 Å². The van der Waals surface area contributed by atoms with E-state index in [2.05, 4.69) is 10.3 Å². The molecule has 0 radical (unpaired) electrons. The number of nitrogens with one attached hydrogen (secondary N) is 1. The number of carbonyl (C=O) groups is 1. The lowest BCUT2D eigenvalue weighted by Gasteiger charge is -2.08. The number of fused-ring (bicyclic) bond motifs is 2. The molecule has 3 aromatic rings. The summed E-state index contributed by atoms with van der Waals surface area (Å²) in [7, 11) is 0. The number of nitrogens with zero attached hydrogens (tertiary/aromatic N) is 1. The van der Waals surface area contributed by atoms with Crippen molar-refractivity contribution < 1.29 is 9.21 Å². The van der Waals surface area contributed by atoms with Gasteiger partial charge in [-0.2, -0.15) is 0 Å². The normalized spacial score (nSPS) is 12.8. The molecule has 0 fully saturated rings. The summed E-state index contributed by atoms with van der Waals surface area (Å²) >= 11 is 0. The van der Waals surface area contributed by atoms with E-state index in [1.54, 1.807) is 12.5 Å². The van der Waals surface area contributed by atoms with Crippen molar-refractivity contribution in [2.24, 2.45) is 4.99 Å². The van der Waals surface area contributed by atoms with E-state index in [0.717, 1.165) is 34.2 Å². The van der Waals surface area contributed by atoms with Crippen LogP contribution in [0.2, 0.25) is 0 Å². The number of aliphatic imine (C=N–C) groups is 1. The molecule has 1 aromatic heterocycles. The Morgan fingerprint density at radius 3 is 3.08 bits per heavy atom. The lowest BCUT2D eigenvalue weighted by Crippen LogP contribution is -2.22. The van der Waals surface area contributed by atoms with E-state index in [1.165, 1.54) is 0 Å². The lowest BCUT2D eigenvalue weighted by atomic mass is 10.1. The number of carbonyl (C=O) groups excluding carboxylic acids is 1. The molecule has 4 rings (SSSR count). The summed E-state index contributed by atoms with van der Waals surface area (Å²) in [5.41, 5.74) is 4.47. The van der Waals surface area contributed by atoms with Crippen molar-refractivity contribution in [2.75, 3.05) is 0 Å². The second kappa shape index (κ2) is 6.16. The largest absolute Gasteiger partial charge is 0.464 e. The van der Waals surface area contributed by atoms with Crippen LogP contribution in [0.15, 0.2) is 70.3 Å². The zero-order valence-electron chi connectivity index (χ0n) is 13.0. The van der Waals surface area contributed by atoms with Crippen LogP contribution in [-0.2, 0) is 13.0 Å². The van der Waals surface area contributed by atoms with Gasteiger partial charge in [0.15, 0.2) is 0 Å². The molecule has 0 bridgehead atoms. The van der Waals surface area contributed by atoms with Crippen LogP contribution in [-0.4, -0.2) is 12.1 Å². The number of hydrogen-bond acceptors (Lipinski definition) is 3. The maximum atomic E-state index is 12.4. The molecule has 0 unspecified atom stereocenters. The van der Waals surface area contributed by atoms with Crippen LogP contribution in [0.4, 0.5) is 5.69 Å². The van der Waals surface area contributed by atoms with E-state index in [1.807, 2.05) is 54.6 Å². The number of allylic oxidation sites excluding steroid dienone is 2. The molecule has 0 saturated heterocycles. The van der Waals surface area contributed by atoms with Gasteiger partial charge in [0.1, 0.15) is 5.58 Å². The summed E-state index contributed by atoms with van der Waals surface area (Å²) in [6.45, 7) is 0.463. The van der Waals surface area contributed by atoms with Crippen molar-refractivity contribution in [3.8, 4) is 0 Å². The van der Waals surface area contributed by atoms with Crippen LogP contribution >= 0.6 is 0 Å². The van der Waals surface area contributed by atoms with Crippen LogP contribution in [0.25, 0.3) is 11.0 Å². The third-order valence-corrected chi connectivity index (χ3v) is 4.09. The van der Waals surface area contributed by atoms with Gasteiger partial charge in [0.25, 0.3) is 5.91 Å². The Morgan fingerprint density at radius 1 is 1.17 bits per heavy atom. The Bertz CT molecular complexity index is 967. The molecular formula is C20H16N2O2. The molecule has 1 aliphatic rings. The van der Waals surface area contributed by atoms with Gasteiger partial charge in [-0.3, -0.25) is 9.79 Å². The summed E-state index contributed by atoms with van der Waals surface area (Å²) in [5.74, 6) is -0.0884. The highest BCUT2D eigenvalue weighted by Gasteiger charge is 2.10. The molecular weight excluding hydrogens is 300 g/mol. The Balaban J connectivity index is 1.49. The van der Waals surface area contributed by atoms with Gasteiger partial charge in [-0.05, 0) is 54.0 Å². The molecule has 1 N–H and O–H groups in total. The monoisotopic (exact) mass is 316 g/mol. The molecule has 2 aromatic carbocycles. The molecule has 118 valence electrons. The molecule has 1 amide bonds. The number of hydrogen-bond donors (Lipinski definition) is 1. The topological polar surface area (TPSA) is 54.6 Å². The summed E-state index contributed by atoms with van der Waals surface area (Å²) < 4.78 is 5.39. The Kier molecular flexibility index (Phi) is 3.71. The Morgan fingerprint density at radius 2 is 2.12 bits per heavy atom.